The molecule has 0 spiro atoms. The van der Waals surface area contributed by atoms with Crippen LogP contribution in [0.15, 0.2) is 54.6 Å². The second-order valence-corrected chi connectivity index (χ2v) is 6.04. The Hall–Kier alpha value is -3.06. The molecule has 28 heavy (non-hydrogen) atoms. The number of ether oxygens (including phenoxy) is 2. The molecular formula is C21H19F3N2O2. The molecule has 7 heteroatoms. The molecule has 4 nitrogen and oxygen atoms in total. The molecule has 0 unspecified atom stereocenters. The van der Waals surface area contributed by atoms with Crippen molar-refractivity contribution < 1.29 is 22.6 Å². The molecule has 0 bridgehead atoms. The summed E-state index contributed by atoms with van der Waals surface area (Å²) in [5, 5.41) is 0. The summed E-state index contributed by atoms with van der Waals surface area (Å²) in [6, 6.07) is 14.5. The van der Waals surface area contributed by atoms with Crippen molar-refractivity contribution in [2.75, 3.05) is 14.2 Å². The second kappa shape index (κ2) is 7.90. The van der Waals surface area contributed by atoms with E-state index in [9.17, 15) is 13.2 Å². The van der Waals surface area contributed by atoms with Crippen LogP contribution in [0, 0.1) is 0 Å². The van der Waals surface area contributed by atoms with E-state index in [1.54, 1.807) is 48.5 Å². The maximum absolute atomic E-state index is 13.5. The van der Waals surface area contributed by atoms with Crippen molar-refractivity contribution >= 4 is 0 Å². The van der Waals surface area contributed by atoms with E-state index in [2.05, 4.69) is 4.98 Å². The van der Waals surface area contributed by atoms with Gasteiger partial charge in [0.2, 0.25) is 0 Å². The third-order valence-corrected chi connectivity index (χ3v) is 4.36. The Kier molecular flexibility index (Phi) is 5.56. The number of alkyl halides is 3. The van der Waals surface area contributed by atoms with E-state index in [-0.39, 0.29) is 12.2 Å². The predicted octanol–water partition coefficient (Wildman–Crippen LogP) is 4.91. The molecule has 0 saturated carbocycles. The SMILES string of the molecule is COc1ccc(-c2nc(C(F)(F)F)cc(-c3cccc(OC)c3)c2CN)cc1. The number of hydrogen-bond acceptors (Lipinski definition) is 4. The molecule has 2 N–H and O–H groups in total. The maximum Gasteiger partial charge on any atom is 0.433 e. The summed E-state index contributed by atoms with van der Waals surface area (Å²) in [5.74, 6) is 1.13. The lowest BCUT2D eigenvalue weighted by atomic mass is 9.94. The summed E-state index contributed by atoms with van der Waals surface area (Å²) < 4.78 is 50.9. The fourth-order valence-electron chi connectivity index (χ4n) is 2.96. The normalized spacial score (nSPS) is 11.4. The molecule has 0 aliphatic carbocycles. The van der Waals surface area contributed by atoms with Crippen LogP contribution in [0.25, 0.3) is 22.4 Å². The molecule has 0 aliphatic heterocycles. The summed E-state index contributed by atoms with van der Waals surface area (Å²) >= 11 is 0. The van der Waals surface area contributed by atoms with Crippen LogP contribution in [0.4, 0.5) is 13.2 Å². The summed E-state index contributed by atoms with van der Waals surface area (Å²) in [6.45, 7) is 0.0268. The lowest BCUT2D eigenvalue weighted by Crippen LogP contribution is -2.12. The standard InChI is InChI=1S/C21H19F3N2O2/c1-27-15-8-6-13(7-9-15)20-18(12-25)17(11-19(26-20)21(22,23)24)14-4-3-5-16(10-14)28-2/h3-11H,12,25H2,1-2H3. The first-order valence-electron chi connectivity index (χ1n) is 8.47. The number of rotatable bonds is 5. The third kappa shape index (κ3) is 3.94. The third-order valence-electron chi connectivity index (χ3n) is 4.36. The molecule has 0 aliphatic rings. The molecular weight excluding hydrogens is 369 g/mol. The van der Waals surface area contributed by atoms with Gasteiger partial charge in [0, 0.05) is 12.1 Å². The first kappa shape index (κ1) is 19.7. The van der Waals surface area contributed by atoms with Gasteiger partial charge in [-0.2, -0.15) is 13.2 Å². The van der Waals surface area contributed by atoms with E-state index in [4.69, 9.17) is 15.2 Å². The van der Waals surface area contributed by atoms with Crippen LogP contribution in [0.2, 0.25) is 0 Å². The van der Waals surface area contributed by atoms with Gasteiger partial charge < -0.3 is 15.2 Å². The van der Waals surface area contributed by atoms with Gasteiger partial charge in [-0.05, 0) is 59.2 Å². The van der Waals surface area contributed by atoms with Crippen molar-refractivity contribution in [3.8, 4) is 33.9 Å². The van der Waals surface area contributed by atoms with Gasteiger partial charge in [-0.25, -0.2) is 4.98 Å². The minimum absolute atomic E-state index is 0.0268. The highest BCUT2D eigenvalue weighted by molar-refractivity contribution is 5.77. The molecule has 3 aromatic rings. The zero-order valence-corrected chi connectivity index (χ0v) is 15.4. The summed E-state index contributed by atoms with van der Waals surface area (Å²) in [4.78, 5) is 3.89. The van der Waals surface area contributed by atoms with Gasteiger partial charge in [0.25, 0.3) is 0 Å². The number of benzene rings is 2. The van der Waals surface area contributed by atoms with Gasteiger partial charge in [-0.3, -0.25) is 0 Å². The van der Waals surface area contributed by atoms with Crippen molar-refractivity contribution in [3.05, 3.63) is 65.9 Å². The second-order valence-electron chi connectivity index (χ2n) is 6.04. The van der Waals surface area contributed by atoms with Crippen molar-refractivity contribution in [2.24, 2.45) is 5.73 Å². The molecule has 0 fully saturated rings. The minimum atomic E-state index is -4.60. The highest BCUT2D eigenvalue weighted by Gasteiger charge is 2.34. The first-order valence-corrected chi connectivity index (χ1v) is 8.47. The molecule has 1 aromatic heterocycles. The number of methoxy groups -OCH3 is 2. The molecule has 1 heterocycles. The van der Waals surface area contributed by atoms with Crippen LogP contribution in [0.1, 0.15) is 11.3 Å². The van der Waals surface area contributed by atoms with E-state index in [0.29, 0.717) is 33.8 Å². The quantitative estimate of drug-likeness (QED) is 0.675. The Labute approximate surface area is 160 Å². The summed E-state index contributed by atoms with van der Waals surface area (Å²) in [5.41, 5.74) is 7.13. The Bertz CT molecular complexity index is 970. The van der Waals surface area contributed by atoms with Gasteiger partial charge in [0.05, 0.1) is 19.9 Å². The number of nitrogens with zero attached hydrogens (tertiary/aromatic N) is 1. The Morgan fingerprint density at radius 3 is 2.14 bits per heavy atom. The number of halogens is 3. The number of pyridine rings is 1. The van der Waals surface area contributed by atoms with Gasteiger partial charge in [-0.15, -0.1) is 0 Å². The molecule has 0 radical (unpaired) electrons. The van der Waals surface area contributed by atoms with Crippen LogP contribution in [0.5, 0.6) is 11.5 Å². The largest absolute Gasteiger partial charge is 0.497 e. The summed E-state index contributed by atoms with van der Waals surface area (Å²) in [6.07, 6.45) is -4.60. The molecule has 0 amide bonds. The van der Waals surface area contributed by atoms with Gasteiger partial charge in [0.15, 0.2) is 0 Å². The first-order chi connectivity index (χ1) is 13.4. The maximum atomic E-state index is 13.5. The predicted molar refractivity (Wildman–Crippen MR) is 101 cm³/mol. The van der Waals surface area contributed by atoms with Crippen LogP contribution < -0.4 is 15.2 Å². The Morgan fingerprint density at radius 2 is 1.57 bits per heavy atom. The van der Waals surface area contributed by atoms with Crippen LogP contribution in [-0.4, -0.2) is 19.2 Å². The topological polar surface area (TPSA) is 57.4 Å². The fraction of sp³-hybridized carbons (Fsp3) is 0.190. The number of hydrogen-bond donors (Lipinski definition) is 1. The highest BCUT2D eigenvalue weighted by Crippen LogP contribution is 2.38. The molecule has 0 atom stereocenters. The number of nitrogens with two attached hydrogens (primary N) is 1. The van der Waals surface area contributed by atoms with Gasteiger partial charge in [0.1, 0.15) is 17.2 Å². The molecule has 146 valence electrons. The van der Waals surface area contributed by atoms with Crippen LogP contribution in [-0.2, 0) is 12.7 Å². The average Bonchev–Trinajstić information content (AvgIpc) is 2.72. The lowest BCUT2D eigenvalue weighted by Gasteiger charge is -2.17. The Morgan fingerprint density at radius 1 is 0.893 bits per heavy atom. The van der Waals surface area contributed by atoms with Gasteiger partial charge >= 0.3 is 6.18 Å². The molecule has 0 saturated heterocycles. The van der Waals surface area contributed by atoms with Crippen molar-refractivity contribution in [1.29, 1.82) is 0 Å². The fourth-order valence-corrected chi connectivity index (χ4v) is 2.96. The highest BCUT2D eigenvalue weighted by atomic mass is 19.4. The van der Waals surface area contributed by atoms with E-state index in [1.165, 1.54) is 14.2 Å². The van der Waals surface area contributed by atoms with Crippen molar-refractivity contribution in [2.45, 2.75) is 12.7 Å². The van der Waals surface area contributed by atoms with Crippen molar-refractivity contribution in [1.82, 2.24) is 4.98 Å². The molecule has 2 aromatic carbocycles. The van der Waals surface area contributed by atoms with Crippen LogP contribution >= 0.6 is 0 Å². The number of aromatic nitrogens is 1. The zero-order chi connectivity index (χ0) is 20.3. The Balaban J connectivity index is 2.28. The van der Waals surface area contributed by atoms with Gasteiger partial charge in [-0.1, -0.05) is 12.1 Å². The smallest absolute Gasteiger partial charge is 0.433 e. The summed E-state index contributed by atoms with van der Waals surface area (Å²) in [7, 11) is 3.02. The van der Waals surface area contributed by atoms with E-state index < -0.39 is 11.9 Å². The van der Waals surface area contributed by atoms with Crippen LogP contribution in [0.3, 0.4) is 0 Å². The van der Waals surface area contributed by atoms with E-state index in [0.717, 1.165) is 6.07 Å². The van der Waals surface area contributed by atoms with Crippen molar-refractivity contribution in [3.63, 3.8) is 0 Å². The van der Waals surface area contributed by atoms with E-state index >= 15 is 0 Å². The minimum Gasteiger partial charge on any atom is -0.497 e. The zero-order valence-electron chi connectivity index (χ0n) is 15.4. The lowest BCUT2D eigenvalue weighted by molar-refractivity contribution is -0.141. The van der Waals surface area contributed by atoms with E-state index in [1.807, 2.05) is 0 Å². The monoisotopic (exact) mass is 388 g/mol. The molecule has 3 rings (SSSR count). The average molecular weight is 388 g/mol.